The number of hydrogen-bond donors (Lipinski definition) is 1. The third-order valence-corrected chi connectivity index (χ3v) is 0.440. The van der Waals surface area contributed by atoms with Gasteiger partial charge in [0.15, 0.2) is 0 Å². The van der Waals surface area contributed by atoms with Crippen LogP contribution >= 0.6 is 0 Å². The standard InChI is InChI=1S/C3H9N3O/c1-5-3-6(4)7-2/h3H,4H2,1-2H3. The number of nitrogens with two attached hydrogens (primary N) is 1. The highest BCUT2D eigenvalue weighted by Crippen LogP contribution is 1.64. The van der Waals surface area contributed by atoms with Crippen LogP contribution < -0.4 is 5.84 Å². The lowest BCUT2D eigenvalue weighted by Gasteiger charge is -2.05. The molecule has 0 atom stereocenters. The fourth-order valence-corrected chi connectivity index (χ4v) is 0.161. The van der Waals surface area contributed by atoms with Crippen LogP contribution in [0.15, 0.2) is 4.99 Å². The Balaban J connectivity index is 3.16. The second kappa shape index (κ2) is 3.58. The normalized spacial score (nSPS) is 10.1. The molecule has 0 saturated heterocycles. The minimum Gasteiger partial charge on any atom is -0.275 e. The Hall–Kier alpha value is -0.610. The number of aliphatic imine (C=N–C) groups is 1. The summed E-state index contributed by atoms with van der Waals surface area (Å²) in [7, 11) is 3.07. The van der Waals surface area contributed by atoms with Crippen LogP contribution in [-0.2, 0) is 4.84 Å². The van der Waals surface area contributed by atoms with Crippen molar-refractivity contribution in [3.05, 3.63) is 0 Å². The SMILES string of the molecule is CN=CN(N)OC. The summed E-state index contributed by atoms with van der Waals surface area (Å²) in [4.78, 5) is 8.01. The molecular weight excluding hydrogens is 94.1 g/mol. The van der Waals surface area contributed by atoms with E-state index in [0.29, 0.717) is 0 Å². The van der Waals surface area contributed by atoms with Gasteiger partial charge in [-0.2, -0.15) is 5.17 Å². The summed E-state index contributed by atoms with van der Waals surface area (Å²) in [6.07, 6.45) is 1.36. The lowest BCUT2D eigenvalue weighted by atomic mass is 11.2. The molecule has 7 heavy (non-hydrogen) atoms. The van der Waals surface area contributed by atoms with Crippen LogP contribution in [0.2, 0.25) is 0 Å². The van der Waals surface area contributed by atoms with Crippen LogP contribution in [0, 0.1) is 0 Å². The first kappa shape index (κ1) is 6.39. The quantitative estimate of drug-likeness (QED) is 0.219. The van der Waals surface area contributed by atoms with Gasteiger partial charge in [0.2, 0.25) is 0 Å². The highest BCUT2D eigenvalue weighted by atomic mass is 16.7. The van der Waals surface area contributed by atoms with Gasteiger partial charge in [0.05, 0.1) is 7.11 Å². The molecule has 0 heterocycles. The number of nitrogens with zero attached hydrogens (tertiary/aromatic N) is 2. The molecule has 0 aromatic carbocycles. The molecule has 0 fully saturated rings. The van der Waals surface area contributed by atoms with Gasteiger partial charge in [-0.3, -0.25) is 9.83 Å². The van der Waals surface area contributed by atoms with Crippen LogP contribution in [0.5, 0.6) is 0 Å². The van der Waals surface area contributed by atoms with Crippen molar-refractivity contribution in [1.29, 1.82) is 0 Å². The van der Waals surface area contributed by atoms with E-state index in [1.54, 1.807) is 7.05 Å². The third kappa shape index (κ3) is 3.21. The number of rotatable bonds is 2. The maximum absolute atomic E-state index is 5.05. The molecule has 0 aliphatic rings. The summed E-state index contributed by atoms with van der Waals surface area (Å²) in [5.74, 6) is 5.05. The van der Waals surface area contributed by atoms with Crippen molar-refractivity contribution in [2.24, 2.45) is 10.8 Å². The van der Waals surface area contributed by atoms with E-state index in [-0.39, 0.29) is 0 Å². The van der Waals surface area contributed by atoms with E-state index in [9.17, 15) is 0 Å². The van der Waals surface area contributed by atoms with Crippen molar-refractivity contribution < 1.29 is 4.84 Å². The monoisotopic (exact) mass is 103 g/mol. The van der Waals surface area contributed by atoms with Gasteiger partial charge in [0.1, 0.15) is 6.34 Å². The zero-order valence-corrected chi connectivity index (χ0v) is 4.46. The van der Waals surface area contributed by atoms with Crippen molar-refractivity contribution in [2.45, 2.75) is 0 Å². The van der Waals surface area contributed by atoms with E-state index in [0.717, 1.165) is 5.17 Å². The van der Waals surface area contributed by atoms with Crippen LogP contribution in [-0.4, -0.2) is 25.7 Å². The fourth-order valence-electron chi connectivity index (χ4n) is 0.161. The Labute approximate surface area is 42.5 Å². The first-order valence-electron chi connectivity index (χ1n) is 1.81. The molecule has 42 valence electrons. The Kier molecular flexibility index (Phi) is 3.26. The molecule has 0 unspecified atom stereocenters. The minimum atomic E-state index is 1.01. The average Bonchev–Trinajstić information content (AvgIpc) is 1.68. The van der Waals surface area contributed by atoms with Gasteiger partial charge in [-0.15, -0.1) is 0 Å². The predicted molar refractivity (Wildman–Crippen MR) is 27.5 cm³/mol. The summed E-state index contributed by atoms with van der Waals surface area (Å²) in [5.41, 5.74) is 0. The number of hydrogen-bond acceptors (Lipinski definition) is 3. The largest absolute Gasteiger partial charge is 0.275 e. The zero-order chi connectivity index (χ0) is 5.70. The van der Waals surface area contributed by atoms with E-state index >= 15 is 0 Å². The number of hydroxylamine groups is 1. The maximum Gasteiger partial charge on any atom is 0.128 e. The molecule has 0 rings (SSSR count). The highest BCUT2D eigenvalue weighted by Gasteiger charge is 1.78. The van der Waals surface area contributed by atoms with Gasteiger partial charge in [0.25, 0.3) is 0 Å². The summed E-state index contributed by atoms with van der Waals surface area (Å²) in [6.45, 7) is 0. The molecule has 0 spiro atoms. The third-order valence-electron chi connectivity index (χ3n) is 0.440. The molecule has 2 N–H and O–H groups in total. The van der Waals surface area contributed by atoms with Crippen LogP contribution in [0.4, 0.5) is 0 Å². The summed E-state index contributed by atoms with van der Waals surface area (Å²) in [6, 6.07) is 0. The maximum atomic E-state index is 5.05. The fraction of sp³-hybridized carbons (Fsp3) is 0.667. The molecule has 0 bridgehead atoms. The summed E-state index contributed by atoms with van der Waals surface area (Å²) >= 11 is 0. The topological polar surface area (TPSA) is 50.8 Å². The molecule has 0 aromatic rings. The Morgan fingerprint density at radius 2 is 2.43 bits per heavy atom. The van der Waals surface area contributed by atoms with Crippen LogP contribution in [0.25, 0.3) is 0 Å². The average molecular weight is 103 g/mol. The van der Waals surface area contributed by atoms with Crippen molar-refractivity contribution in [1.82, 2.24) is 5.17 Å². The predicted octanol–water partition coefficient (Wildman–Crippen LogP) is -0.618. The Bertz CT molecular complexity index is 63.2. The Morgan fingerprint density at radius 3 is 2.57 bits per heavy atom. The Morgan fingerprint density at radius 1 is 1.86 bits per heavy atom. The first-order valence-corrected chi connectivity index (χ1v) is 1.81. The van der Waals surface area contributed by atoms with Gasteiger partial charge < -0.3 is 0 Å². The molecule has 0 saturated carbocycles. The van der Waals surface area contributed by atoms with Gasteiger partial charge in [-0.25, -0.2) is 5.84 Å². The van der Waals surface area contributed by atoms with Crippen molar-refractivity contribution in [3.63, 3.8) is 0 Å². The first-order chi connectivity index (χ1) is 3.31. The van der Waals surface area contributed by atoms with Crippen molar-refractivity contribution in [2.75, 3.05) is 14.2 Å². The minimum absolute atomic E-state index is 1.01. The highest BCUT2D eigenvalue weighted by molar-refractivity contribution is 5.51. The number of hydrazine groups is 1. The van der Waals surface area contributed by atoms with E-state index in [1.165, 1.54) is 13.4 Å². The van der Waals surface area contributed by atoms with Gasteiger partial charge >= 0.3 is 0 Å². The van der Waals surface area contributed by atoms with E-state index in [2.05, 4.69) is 9.83 Å². The molecule has 0 aromatic heterocycles. The zero-order valence-electron chi connectivity index (χ0n) is 4.46. The van der Waals surface area contributed by atoms with E-state index in [4.69, 9.17) is 5.84 Å². The molecule has 4 nitrogen and oxygen atoms in total. The van der Waals surface area contributed by atoms with Crippen LogP contribution in [0.1, 0.15) is 0 Å². The lowest BCUT2D eigenvalue weighted by Crippen LogP contribution is -2.27. The summed E-state index contributed by atoms with van der Waals surface area (Å²) in [5, 5.41) is 1.01. The van der Waals surface area contributed by atoms with Gasteiger partial charge in [-0.05, 0) is 0 Å². The molecule has 0 aliphatic heterocycles. The molecule has 0 aliphatic carbocycles. The van der Waals surface area contributed by atoms with E-state index < -0.39 is 0 Å². The molecule has 0 amide bonds. The molecule has 4 heteroatoms. The van der Waals surface area contributed by atoms with Gasteiger partial charge in [-0.1, -0.05) is 0 Å². The van der Waals surface area contributed by atoms with Crippen LogP contribution in [0.3, 0.4) is 0 Å². The molecular formula is C3H9N3O. The van der Waals surface area contributed by atoms with Crippen molar-refractivity contribution >= 4 is 6.34 Å². The van der Waals surface area contributed by atoms with Gasteiger partial charge in [0, 0.05) is 7.05 Å². The second-order valence-corrected chi connectivity index (χ2v) is 0.916. The van der Waals surface area contributed by atoms with Crippen molar-refractivity contribution in [3.8, 4) is 0 Å². The smallest absolute Gasteiger partial charge is 0.128 e. The summed E-state index contributed by atoms with van der Waals surface area (Å²) < 4.78 is 0. The second-order valence-electron chi connectivity index (χ2n) is 0.916. The van der Waals surface area contributed by atoms with E-state index in [1.807, 2.05) is 0 Å². The lowest BCUT2D eigenvalue weighted by molar-refractivity contribution is -0.0610. The molecule has 0 radical (unpaired) electrons.